The number of pyridine rings is 1. The van der Waals surface area contributed by atoms with Crippen LogP contribution in [-0.2, 0) is 17.8 Å². The number of carbonyl (C=O) groups excluding carboxylic acids is 1. The molecule has 3 aromatic rings. The van der Waals surface area contributed by atoms with E-state index in [1.807, 2.05) is 12.1 Å². The zero-order valence-corrected chi connectivity index (χ0v) is 18.1. The summed E-state index contributed by atoms with van der Waals surface area (Å²) in [5.41, 5.74) is 3.40. The van der Waals surface area contributed by atoms with Gasteiger partial charge in [-0.3, -0.25) is 4.79 Å². The van der Waals surface area contributed by atoms with E-state index in [9.17, 15) is 9.35 Å². The minimum atomic E-state index is -1.64. The summed E-state index contributed by atoms with van der Waals surface area (Å²) in [6, 6.07) is 15.9. The highest BCUT2D eigenvalue weighted by molar-refractivity contribution is 7.97. The minimum absolute atomic E-state index is 0.184. The molecule has 7 heteroatoms. The number of carbonyl (C=O) groups is 1. The van der Waals surface area contributed by atoms with Crippen LogP contribution in [0.3, 0.4) is 0 Å². The molecule has 1 N–H and O–H groups in total. The van der Waals surface area contributed by atoms with Crippen LogP contribution in [0.1, 0.15) is 27.0 Å². The van der Waals surface area contributed by atoms with Gasteiger partial charge >= 0.3 is 0 Å². The fourth-order valence-electron chi connectivity index (χ4n) is 3.02. The molecule has 1 aliphatic heterocycles. The Balaban J connectivity index is 1.58. The summed E-state index contributed by atoms with van der Waals surface area (Å²) in [6.07, 6.45) is 3.81. The molecule has 1 aromatic heterocycles. The largest absolute Gasteiger partial charge is 0.588 e. The molecule has 0 aliphatic carbocycles. The monoisotopic (exact) mass is 448 g/mol. The van der Waals surface area contributed by atoms with E-state index in [0.29, 0.717) is 34.1 Å². The van der Waals surface area contributed by atoms with E-state index < -0.39 is 11.4 Å². The lowest BCUT2D eigenvalue weighted by molar-refractivity contribution is 0.104. The first-order valence-electron chi connectivity index (χ1n) is 9.36. The smallest absolute Gasteiger partial charge is 0.245 e. The van der Waals surface area contributed by atoms with Gasteiger partial charge in [-0.25, -0.2) is 9.71 Å². The van der Waals surface area contributed by atoms with Gasteiger partial charge in [-0.05, 0) is 47.5 Å². The summed E-state index contributed by atoms with van der Waals surface area (Å²) in [7, 11) is 1.57. The minimum Gasteiger partial charge on any atom is -0.588 e. The summed E-state index contributed by atoms with van der Waals surface area (Å²) in [4.78, 5) is 17.3. The highest BCUT2D eigenvalue weighted by Crippen LogP contribution is 2.31. The highest BCUT2D eigenvalue weighted by Gasteiger charge is 2.33. The number of hydrogen-bond donors (Lipinski definition) is 1. The maximum Gasteiger partial charge on any atom is 0.245 e. The number of benzene rings is 2. The van der Waals surface area contributed by atoms with Crippen molar-refractivity contribution in [3.05, 3.63) is 93.0 Å². The first kappa shape index (κ1) is 21.0. The van der Waals surface area contributed by atoms with E-state index >= 15 is 0 Å². The van der Waals surface area contributed by atoms with Crippen LogP contribution in [0.25, 0.3) is 6.08 Å². The Kier molecular flexibility index (Phi) is 6.28. The standard InChI is InChI=1S/C24H17ClN2O3S/c1-30-23-15-17(11-12-26-23)4-2-3-16-7-10-21-20(13-16)24(28)22(31(29)27-21)14-18-5-8-19(25)9-6-18/h5-15,27H,4H2,1H3/b22-14-. The Morgan fingerprint density at radius 3 is 2.77 bits per heavy atom. The van der Waals surface area contributed by atoms with Gasteiger partial charge in [0.2, 0.25) is 16.6 Å². The first-order valence-corrected chi connectivity index (χ1v) is 10.9. The van der Waals surface area contributed by atoms with Crippen LogP contribution in [0.4, 0.5) is 5.69 Å². The molecular formula is C24H17ClN2O3S. The average Bonchev–Trinajstić information content (AvgIpc) is 2.78. The van der Waals surface area contributed by atoms with Crippen LogP contribution in [0.2, 0.25) is 5.02 Å². The average molecular weight is 449 g/mol. The van der Waals surface area contributed by atoms with Gasteiger partial charge < -0.3 is 9.29 Å². The molecule has 0 radical (unpaired) electrons. The maximum atomic E-state index is 13.0. The Morgan fingerprint density at radius 1 is 1.19 bits per heavy atom. The van der Waals surface area contributed by atoms with Crippen LogP contribution in [0, 0.1) is 11.8 Å². The number of nitrogens with zero attached hydrogens (tertiary/aromatic N) is 1. The fourth-order valence-corrected chi connectivity index (χ4v) is 4.16. The molecule has 0 fully saturated rings. The zero-order valence-electron chi connectivity index (χ0n) is 16.5. The van der Waals surface area contributed by atoms with Crippen molar-refractivity contribution in [3.8, 4) is 17.7 Å². The summed E-state index contributed by atoms with van der Waals surface area (Å²) < 4.78 is 20.5. The van der Waals surface area contributed by atoms with Crippen LogP contribution in [0.15, 0.2) is 65.7 Å². The van der Waals surface area contributed by atoms with E-state index in [0.717, 1.165) is 11.1 Å². The molecule has 4 rings (SSSR count). The van der Waals surface area contributed by atoms with Crippen molar-refractivity contribution in [2.75, 3.05) is 11.8 Å². The molecule has 2 aromatic carbocycles. The van der Waals surface area contributed by atoms with Gasteiger partial charge in [-0.15, -0.1) is 0 Å². The van der Waals surface area contributed by atoms with Crippen LogP contribution in [0.5, 0.6) is 5.88 Å². The number of Topliss-reactive ketones (excluding diaryl/α,β-unsaturated/α-hetero) is 1. The van der Waals surface area contributed by atoms with Gasteiger partial charge in [0.05, 0.1) is 18.4 Å². The van der Waals surface area contributed by atoms with E-state index in [-0.39, 0.29) is 10.7 Å². The van der Waals surface area contributed by atoms with Gasteiger partial charge in [-0.2, -0.15) is 0 Å². The molecule has 0 saturated heterocycles. The Hall–Kier alpha value is -3.24. The van der Waals surface area contributed by atoms with Gasteiger partial charge in [0.15, 0.2) is 0 Å². The number of allylic oxidation sites excluding steroid dienone is 1. The van der Waals surface area contributed by atoms with E-state index in [4.69, 9.17) is 16.3 Å². The van der Waals surface area contributed by atoms with Gasteiger partial charge in [0, 0.05) is 35.3 Å². The Bertz CT molecular complexity index is 1230. The summed E-state index contributed by atoms with van der Waals surface area (Å²) in [6.45, 7) is 0. The molecule has 2 heterocycles. The van der Waals surface area contributed by atoms with Crippen LogP contribution in [-0.4, -0.2) is 22.4 Å². The van der Waals surface area contributed by atoms with E-state index in [2.05, 4.69) is 21.5 Å². The number of methoxy groups -OCH3 is 1. The molecule has 0 spiro atoms. The normalized spacial score (nSPS) is 16.2. The molecular weight excluding hydrogens is 432 g/mol. The number of ether oxygens (including phenoxy) is 1. The number of aromatic nitrogens is 1. The van der Waals surface area contributed by atoms with Crippen molar-refractivity contribution < 1.29 is 14.1 Å². The summed E-state index contributed by atoms with van der Waals surface area (Å²) in [5.74, 6) is 6.44. The molecule has 0 saturated carbocycles. The van der Waals surface area contributed by atoms with Gasteiger partial charge in [0.1, 0.15) is 11.4 Å². The Morgan fingerprint density at radius 2 is 2.00 bits per heavy atom. The molecule has 1 unspecified atom stereocenters. The summed E-state index contributed by atoms with van der Waals surface area (Å²) in [5, 5.41) is 0.593. The lowest BCUT2D eigenvalue weighted by atomic mass is 10.0. The third kappa shape index (κ3) is 4.92. The van der Waals surface area contributed by atoms with Gasteiger partial charge in [-0.1, -0.05) is 35.6 Å². The first-order chi connectivity index (χ1) is 15.0. The number of hydrogen-bond acceptors (Lipinski definition) is 5. The number of fused-ring (bicyclic) bond motifs is 1. The molecule has 5 nitrogen and oxygen atoms in total. The zero-order chi connectivity index (χ0) is 21.8. The lowest BCUT2D eigenvalue weighted by Gasteiger charge is -2.21. The SMILES string of the molecule is COc1cc(CC#Cc2ccc3c(c2)C(=O)/C(=C/c2ccc(Cl)cc2)[S+]([O-])N3)ccn1. The molecule has 154 valence electrons. The lowest BCUT2D eigenvalue weighted by Crippen LogP contribution is -2.27. The van der Waals surface area contributed by atoms with Crippen molar-refractivity contribution in [1.29, 1.82) is 0 Å². The molecule has 1 aliphatic rings. The number of ketones is 1. The molecule has 1 atom stereocenters. The van der Waals surface area contributed by atoms with E-state index in [1.165, 1.54) is 0 Å². The number of rotatable bonds is 3. The van der Waals surface area contributed by atoms with Crippen molar-refractivity contribution >= 4 is 40.5 Å². The number of halogens is 1. The quantitative estimate of drug-likeness (QED) is 0.358. The molecule has 0 amide bonds. The van der Waals surface area contributed by atoms with E-state index in [1.54, 1.807) is 61.8 Å². The second kappa shape index (κ2) is 9.27. The van der Waals surface area contributed by atoms with Crippen molar-refractivity contribution in [1.82, 2.24) is 4.98 Å². The number of anilines is 1. The fraction of sp³-hybridized carbons (Fsp3) is 0.0833. The number of nitrogens with one attached hydrogen (secondary N) is 1. The molecule has 0 bridgehead atoms. The second-order valence-corrected chi connectivity index (χ2v) is 8.32. The van der Waals surface area contributed by atoms with Gasteiger partial charge in [0.25, 0.3) is 0 Å². The predicted octanol–water partition coefficient (Wildman–Crippen LogP) is 4.65. The predicted molar refractivity (Wildman–Crippen MR) is 123 cm³/mol. The third-order valence-corrected chi connectivity index (χ3v) is 5.95. The van der Waals surface area contributed by atoms with Crippen LogP contribution >= 0.6 is 11.6 Å². The Labute approximate surface area is 188 Å². The second-order valence-electron chi connectivity index (χ2n) is 6.71. The maximum absolute atomic E-state index is 13.0. The van der Waals surface area contributed by atoms with Crippen LogP contribution < -0.4 is 9.46 Å². The topological polar surface area (TPSA) is 74.3 Å². The van der Waals surface area contributed by atoms with Crippen molar-refractivity contribution in [2.24, 2.45) is 0 Å². The third-order valence-electron chi connectivity index (χ3n) is 4.59. The highest BCUT2D eigenvalue weighted by atomic mass is 35.5. The van der Waals surface area contributed by atoms with Crippen molar-refractivity contribution in [3.63, 3.8) is 0 Å². The molecule has 31 heavy (non-hydrogen) atoms. The van der Waals surface area contributed by atoms with Crippen molar-refractivity contribution in [2.45, 2.75) is 6.42 Å². The summed E-state index contributed by atoms with van der Waals surface area (Å²) >= 11 is 4.27.